The average molecular weight is 396 g/mol. The fraction of sp³-hybridized carbons (Fsp3) is 0.294. The molecule has 0 aliphatic rings. The van der Waals surface area contributed by atoms with Gasteiger partial charge < -0.3 is 10.6 Å². The van der Waals surface area contributed by atoms with E-state index in [1.54, 1.807) is 31.4 Å². The summed E-state index contributed by atoms with van der Waals surface area (Å²) in [5.74, 6) is -0.704. The average Bonchev–Trinajstić information content (AvgIpc) is 3.16. The smallest absolute Gasteiger partial charge is 0.261 e. The lowest BCUT2D eigenvalue weighted by Crippen LogP contribution is -2.32. The van der Waals surface area contributed by atoms with E-state index in [0.717, 1.165) is 0 Å². The highest BCUT2D eigenvalue weighted by atomic mass is 32.2. The number of hydrogen-bond acceptors (Lipinski definition) is 5. The molecule has 1 aromatic heterocycles. The van der Waals surface area contributed by atoms with Gasteiger partial charge in [0.1, 0.15) is 0 Å². The van der Waals surface area contributed by atoms with E-state index in [9.17, 15) is 18.0 Å². The zero-order valence-corrected chi connectivity index (χ0v) is 16.2. The van der Waals surface area contributed by atoms with Crippen molar-refractivity contribution in [1.29, 1.82) is 0 Å². The summed E-state index contributed by atoms with van der Waals surface area (Å²) < 4.78 is 26.2. The van der Waals surface area contributed by atoms with Gasteiger partial charge in [-0.25, -0.2) is 8.42 Å². The highest BCUT2D eigenvalue weighted by Crippen LogP contribution is 2.18. The van der Waals surface area contributed by atoms with Crippen LogP contribution >= 0.6 is 11.3 Å². The van der Waals surface area contributed by atoms with Gasteiger partial charge >= 0.3 is 0 Å². The standard InChI is InChI=1S/C17H21N3O4S2/c1-3-20(4-2)26(23,24)14-9-7-13(8-10-14)19-16(21)12-18-17(22)15-6-5-11-25-15/h5-11H,3-4,12H2,1-2H3,(H,18,22)(H,19,21). The van der Waals surface area contributed by atoms with Gasteiger partial charge in [0.25, 0.3) is 5.91 Å². The first-order valence-corrected chi connectivity index (χ1v) is 10.4. The highest BCUT2D eigenvalue weighted by Gasteiger charge is 2.21. The van der Waals surface area contributed by atoms with E-state index in [1.165, 1.54) is 39.9 Å². The Morgan fingerprint density at radius 1 is 1.08 bits per heavy atom. The van der Waals surface area contributed by atoms with E-state index in [4.69, 9.17) is 0 Å². The minimum atomic E-state index is -3.53. The van der Waals surface area contributed by atoms with Gasteiger partial charge in [-0.2, -0.15) is 4.31 Å². The maximum absolute atomic E-state index is 12.4. The molecule has 0 aliphatic heterocycles. The second kappa shape index (κ2) is 8.93. The minimum Gasteiger partial charge on any atom is -0.342 e. The molecular formula is C17H21N3O4S2. The van der Waals surface area contributed by atoms with Crippen LogP contribution in [0, 0.1) is 0 Å². The number of nitrogens with one attached hydrogen (secondary N) is 2. The SMILES string of the molecule is CCN(CC)S(=O)(=O)c1ccc(NC(=O)CNC(=O)c2cccs2)cc1. The van der Waals surface area contributed by atoms with Gasteiger partial charge in [0.15, 0.2) is 0 Å². The number of anilines is 1. The molecule has 1 aromatic carbocycles. The van der Waals surface area contributed by atoms with E-state index in [1.807, 2.05) is 0 Å². The van der Waals surface area contributed by atoms with Gasteiger partial charge in [-0.05, 0) is 35.7 Å². The fourth-order valence-corrected chi connectivity index (χ4v) is 4.38. The Morgan fingerprint density at radius 3 is 2.27 bits per heavy atom. The fourth-order valence-electron chi connectivity index (χ4n) is 2.28. The topological polar surface area (TPSA) is 95.6 Å². The van der Waals surface area contributed by atoms with Crippen molar-refractivity contribution in [1.82, 2.24) is 9.62 Å². The molecule has 0 aliphatic carbocycles. The van der Waals surface area contributed by atoms with Crippen molar-refractivity contribution in [2.75, 3.05) is 25.0 Å². The van der Waals surface area contributed by atoms with E-state index in [2.05, 4.69) is 10.6 Å². The first-order chi connectivity index (χ1) is 12.4. The van der Waals surface area contributed by atoms with Crippen molar-refractivity contribution in [3.05, 3.63) is 46.7 Å². The molecule has 2 N–H and O–H groups in total. The van der Waals surface area contributed by atoms with Crippen LogP contribution in [0.4, 0.5) is 5.69 Å². The number of amides is 2. The molecule has 7 nitrogen and oxygen atoms in total. The van der Waals surface area contributed by atoms with Crippen molar-refractivity contribution in [3.8, 4) is 0 Å². The van der Waals surface area contributed by atoms with Crippen LogP contribution in [0.5, 0.6) is 0 Å². The Kier molecular flexibility index (Phi) is 6.90. The Hall–Kier alpha value is -2.23. The maximum Gasteiger partial charge on any atom is 0.261 e. The van der Waals surface area contributed by atoms with Crippen LogP contribution in [0.1, 0.15) is 23.5 Å². The van der Waals surface area contributed by atoms with Gasteiger partial charge in [-0.3, -0.25) is 9.59 Å². The minimum absolute atomic E-state index is 0.170. The van der Waals surface area contributed by atoms with Crippen molar-refractivity contribution in [3.63, 3.8) is 0 Å². The van der Waals surface area contributed by atoms with Gasteiger partial charge in [-0.1, -0.05) is 19.9 Å². The van der Waals surface area contributed by atoms with Crippen molar-refractivity contribution in [2.45, 2.75) is 18.7 Å². The lowest BCUT2D eigenvalue weighted by molar-refractivity contribution is -0.115. The van der Waals surface area contributed by atoms with E-state index in [0.29, 0.717) is 23.7 Å². The Morgan fingerprint density at radius 2 is 1.73 bits per heavy atom. The molecule has 2 amide bonds. The molecule has 0 atom stereocenters. The Bertz CT molecular complexity index is 843. The number of thiophene rings is 1. The normalized spacial score (nSPS) is 11.3. The molecule has 0 radical (unpaired) electrons. The molecule has 0 unspecified atom stereocenters. The van der Waals surface area contributed by atoms with Crippen LogP contribution in [-0.2, 0) is 14.8 Å². The molecule has 0 saturated heterocycles. The molecule has 26 heavy (non-hydrogen) atoms. The summed E-state index contributed by atoms with van der Waals surface area (Å²) in [6, 6.07) is 9.38. The molecular weight excluding hydrogens is 374 g/mol. The Labute approximate surface area is 157 Å². The maximum atomic E-state index is 12.4. The van der Waals surface area contributed by atoms with Crippen LogP contribution in [0.2, 0.25) is 0 Å². The van der Waals surface area contributed by atoms with E-state index in [-0.39, 0.29) is 17.3 Å². The number of benzene rings is 1. The van der Waals surface area contributed by atoms with Crippen LogP contribution in [0.15, 0.2) is 46.7 Å². The van der Waals surface area contributed by atoms with E-state index < -0.39 is 15.9 Å². The molecule has 0 bridgehead atoms. The lowest BCUT2D eigenvalue weighted by atomic mass is 10.3. The Balaban J connectivity index is 1.94. The third kappa shape index (κ3) is 4.90. The predicted molar refractivity (Wildman–Crippen MR) is 102 cm³/mol. The second-order valence-corrected chi connectivity index (χ2v) is 8.21. The second-order valence-electron chi connectivity index (χ2n) is 5.32. The largest absolute Gasteiger partial charge is 0.342 e. The molecule has 2 aromatic rings. The van der Waals surface area contributed by atoms with Crippen molar-refractivity contribution < 1.29 is 18.0 Å². The number of sulfonamides is 1. The van der Waals surface area contributed by atoms with Crippen LogP contribution in [-0.4, -0.2) is 44.2 Å². The zero-order valence-electron chi connectivity index (χ0n) is 14.6. The summed E-state index contributed by atoms with van der Waals surface area (Å²) >= 11 is 1.29. The summed E-state index contributed by atoms with van der Waals surface area (Å²) in [5, 5.41) is 6.93. The molecule has 140 valence electrons. The number of hydrogen-bond donors (Lipinski definition) is 2. The molecule has 9 heteroatoms. The number of nitrogens with zero attached hydrogens (tertiary/aromatic N) is 1. The van der Waals surface area contributed by atoms with Crippen molar-refractivity contribution >= 4 is 38.9 Å². The molecule has 0 fully saturated rings. The van der Waals surface area contributed by atoms with E-state index >= 15 is 0 Å². The third-order valence-corrected chi connectivity index (χ3v) is 6.57. The van der Waals surface area contributed by atoms with Crippen LogP contribution < -0.4 is 10.6 Å². The monoisotopic (exact) mass is 395 g/mol. The first-order valence-electron chi connectivity index (χ1n) is 8.10. The molecule has 0 saturated carbocycles. The lowest BCUT2D eigenvalue weighted by Gasteiger charge is -2.18. The number of carbonyl (C=O) groups excluding carboxylic acids is 2. The summed E-state index contributed by atoms with van der Waals surface area (Å²) in [4.78, 5) is 24.4. The summed E-state index contributed by atoms with van der Waals surface area (Å²) in [6.07, 6.45) is 0. The number of carbonyl (C=O) groups is 2. The summed E-state index contributed by atoms with van der Waals surface area (Å²) in [7, 11) is -3.53. The van der Waals surface area contributed by atoms with Crippen LogP contribution in [0.25, 0.3) is 0 Å². The molecule has 0 spiro atoms. The molecule has 1 heterocycles. The third-order valence-electron chi connectivity index (χ3n) is 3.64. The predicted octanol–water partition coefficient (Wildman–Crippen LogP) is 2.15. The van der Waals surface area contributed by atoms with Crippen molar-refractivity contribution in [2.24, 2.45) is 0 Å². The zero-order chi connectivity index (χ0) is 19.2. The summed E-state index contributed by atoms with van der Waals surface area (Å²) in [6.45, 7) is 4.17. The van der Waals surface area contributed by atoms with Gasteiger partial charge in [0.05, 0.1) is 16.3 Å². The first kappa shape index (κ1) is 20.1. The van der Waals surface area contributed by atoms with Gasteiger partial charge in [0, 0.05) is 18.8 Å². The molecule has 2 rings (SSSR count). The number of rotatable bonds is 8. The van der Waals surface area contributed by atoms with Gasteiger partial charge in [-0.15, -0.1) is 11.3 Å². The quantitative estimate of drug-likeness (QED) is 0.716. The highest BCUT2D eigenvalue weighted by molar-refractivity contribution is 7.89. The van der Waals surface area contributed by atoms with Gasteiger partial charge in [0.2, 0.25) is 15.9 Å². The van der Waals surface area contributed by atoms with Crippen LogP contribution in [0.3, 0.4) is 0 Å². The summed E-state index contributed by atoms with van der Waals surface area (Å²) in [5.41, 5.74) is 0.457.